The van der Waals surface area contributed by atoms with E-state index in [2.05, 4.69) is 10.4 Å². The molecule has 1 N–H and O–H groups in total. The summed E-state index contributed by atoms with van der Waals surface area (Å²) in [4.78, 5) is 12.3. The molecule has 0 bridgehead atoms. The first-order chi connectivity index (χ1) is 11.3. The van der Waals surface area contributed by atoms with Gasteiger partial charge in [0.1, 0.15) is 11.8 Å². The minimum Gasteiger partial charge on any atom is -0.467 e. The van der Waals surface area contributed by atoms with Gasteiger partial charge in [-0.1, -0.05) is 6.07 Å². The highest BCUT2D eigenvalue weighted by molar-refractivity contribution is 5.94. The van der Waals surface area contributed by atoms with Crippen LogP contribution in [0.3, 0.4) is 0 Å². The highest BCUT2D eigenvalue weighted by atomic mass is 16.3. The van der Waals surface area contributed by atoms with Crippen LogP contribution < -0.4 is 5.32 Å². The number of nitriles is 1. The molecule has 3 rings (SSSR count). The SMILES string of the molecule is N#Cc1cccc(C(=O)NCC(c2ccco2)n2cccn2)c1. The number of amides is 1. The molecule has 6 heteroatoms. The third-order valence-corrected chi connectivity index (χ3v) is 3.43. The smallest absolute Gasteiger partial charge is 0.251 e. The standard InChI is InChI=1S/C17H14N4O2/c18-11-13-4-1-5-14(10-13)17(22)19-12-15(16-6-2-9-23-16)21-8-3-7-20-21/h1-10,15H,12H2,(H,19,22). The van der Waals surface area contributed by atoms with Crippen LogP contribution in [0.5, 0.6) is 0 Å². The fraction of sp³-hybridized carbons (Fsp3) is 0.118. The van der Waals surface area contributed by atoms with Crippen molar-refractivity contribution in [2.45, 2.75) is 6.04 Å². The molecule has 1 atom stereocenters. The molecular formula is C17H14N4O2. The second-order valence-corrected chi connectivity index (χ2v) is 4.92. The summed E-state index contributed by atoms with van der Waals surface area (Å²) in [5, 5.41) is 16.0. The summed E-state index contributed by atoms with van der Waals surface area (Å²) in [5.74, 6) is 0.464. The lowest BCUT2D eigenvalue weighted by Crippen LogP contribution is -2.31. The largest absolute Gasteiger partial charge is 0.467 e. The summed E-state index contributed by atoms with van der Waals surface area (Å²) >= 11 is 0. The van der Waals surface area contributed by atoms with Crippen molar-refractivity contribution in [3.05, 3.63) is 78.0 Å². The molecule has 23 heavy (non-hydrogen) atoms. The van der Waals surface area contributed by atoms with Gasteiger partial charge in [0, 0.05) is 24.5 Å². The molecule has 0 aliphatic rings. The number of carbonyl (C=O) groups is 1. The van der Waals surface area contributed by atoms with Crippen LogP contribution in [0, 0.1) is 11.3 Å². The first-order valence-corrected chi connectivity index (χ1v) is 7.09. The Morgan fingerprint density at radius 2 is 2.26 bits per heavy atom. The Morgan fingerprint density at radius 1 is 1.35 bits per heavy atom. The molecule has 0 aliphatic carbocycles. The fourth-order valence-electron chi connectivity index (χ4n) is 2.29. The van der Waals surface area contributed by atoms with Gasteiger partial charge in [0.05, 0.1) is 17.9 Å². The van der Waals surface area contributed by atoms with E-state index >= 15 is 0 Å². The normalized spacial score (nSPS) is 11.6. The van der Waals surface area contributed by atoms with Crippen LogP contribution in [0.2, 0.25) is 0 Å². The van der Waals surface area contributed by atoms with Crippen molar-refractivity contribution < 1.29 is 9.21 Å². The number of nitrogens with one attached hydrogen (secondary N) is 1. The molecular weight excluding hydrogens is 292 g/mol. The Labute approximate surface area is 133 Å². The van der Waals surface area contributed by atoms with Crippen molar-refractivity contribution in [3.8, 4) is 6.07 Å². The van der Waals surface area contributed by atoms with Crippen molar-refractivity contribution in [3.63, 3.8) is 0 Å². The highest BCUT2D eigenvalue weighted by Crippen LogP contribution is 2.17. The van der Waals surface area contributed by atoms with E-state index in [1.54, 1.807) is 47.5 Å². The topological polar surface area (TPSA) is 83.9 Å². The van der Waals surface area contributed by atoms with Crippen LogP contribution in [-0.2, 0) is 0 Å². The summed E-state index contributed by atoms with van der Waals surface area (Å²) in [5.41, 5.74) is 0.898. The molecule has 1 unspecified atom stereocenters. The third kappa shape index (κ3) is 3.30. The molecule has 2 aromatic heterocycles. The predicted molar refractivity (Wildman–Crippen MR) is 82.6 cm³/mol. The number of furan rings is 1. The van der Waals surface area contributed by atoms with Crippen molar-refractivity contribution in [2.75, 3.05) is 6.54 Å². The monoisotopic (exact) mass is 306 g/mol. The van der Waals surface area contributed by atoms with Gasteiger partial charge in [-0.25, -0.2) is 0 Å². The van der Waals surface area contributed by atoms with Crippen molar-refractivity contribution in [1.82, 2.24) is 15.1 Å². The van der Waals surface area contributed by atoms with Crippen LogP contribution in [-0.4, -0.2) is 22.2 Å². The van der Waals surface area contributed by atoms with Gasteiger partial charge >= 0.3 is 0 Å². The second kappa shape index (κ2) is 6.62. The average Bonchev–Trinajstić information content (AvgIpc) is 3.29. The van der Waals surface area contributed by atoms with Gasteiger partial charge in [-0.3, -0.25) is 9.48 Å². The van der Waals surface area contributed by atoms with Crippen LogP contribution in [0.25, 0.3) is 0 Å². The Hall–Kier alpha value is -3.33. The molecule has 114 valence electrons. The van der Waals surface area contributed by atoms with Crippen LogP contribution in [0.1, 0.15) is 27.7 Å². The Balaban J connectivity index is 1.74. The van der Waals surface area contributed by atoms with Gasteiger partial charge in [-0.2, -0.15) is 10.4 Å². The van der Waals surface area contributed by atoms with E-state index in [0.29, 0.717) is 23.4 Å². The van der Waals surface area contributed by atoms with Gasteiger partial charge < -0.3 is 9.73 Å². The minimum absolute atomic E-state index is 0.233. The molecule has 3 aromatic rings. The van der Waals surface area contributed by atoms with E-state index < -0.39 is 0 Å². The maximum atomic E-state index is 12.3. The zero-order chi connectivity index (χ0) is 16.1. The van der Waals surface area contributed by atoms with Crippen LogP contribution in [0.15, 0.2) is 65.5 Å². The van der Waals surface area contributed by atoms with Crippen LogP contribution in [0.4, 0.5) is 0 Å². The zero-order valence-corrected chi connectivity index (χ0v) is 12.2. The molecule has 1 aromatic carbocycles. The molecule has 2 heterocycles. The molecule has 0 aliphatic heterocycles. The summed E-state index contributed by atoms with van der Waals surface area (Å²) in [6.45, 7) is 0.324. The summed E-state index contributed by atoms with van der Waals surface area (Å²) in [6.07, 6.45) is 5.08. The minimum atomic E-state index is -0.245. The van der Waals surface area contributed by atoms with Crippen molar-refractivity contribution in [2.24, 2.45) is 0 Å². The number of aromatic nitrogens is 2. The van der Waals surface area contributed by atoms with Crippen molar-refractivity contribution >= 4 is 5.91 Å². The number of nitrogens with zero attached hydrogens (tertiary/aromatic N) is 3. The maximum Gasteiger partial charge on any atom is 0.251 e. The number of hydrogen-bond acceptors (Lipinski definition) is 4. The molecule has 1 amide bonds. The summed E-state index contributed by atoms with van der Waals surface area (Å²) < 4.78 is 7.17. The fourth-order valence-corrected chi connectivity index (χ4v) is 2.29. The van der Waals surface area contributed by atoms with Gasteiger partial charge in [-0.05, 0) is 36.4 Å². The number of rotatable bonds is 5. The first kappa shape index (κ1) is 14.6. The average molecular weight is 306 g/mol. The first-order valence-electron chi connectivity index (χ1n) is 7.09. The number of hydrogen-bond donors (Lipinski definition) is 1. The maximum absolute atomic E-state index is 12.3. The van der Waals surface area contributed by atoms with E-state index in [0.717, 1.165) is 0 Å². The second-order valence-electron chi connectivity index (χ2n) is 4.92. The number of benzene rings is 1. The summed E-state index contributed by atoms with van der Waals surface area (Å²) in [7, 11) is 0. The lowest BCUT2D eigenvalue weighted by Gasteiger charge is -2.16. The lowest BCUT2D eigenvalue weighted by atomic mass is 10.1. The van der Waals surface area contributed by atoms with E-state index in [-0.39, 0.29) is 11.9 Å². The van der Waals surface area contributed by atoms with Gasteiger partial charge in [0.15, 0.2) is 0 Å². The molecule has 0 saturated carbocycles. The van der Waals surface area contributed by atoms with E-state index in [9.17, 15) is 4.79 Å². The molecule has 0 radical (unpaired) electrons. The van der Waals surface area contributed by atoms with Gasteiger partial charge in [0.2, 0.25) is 0 Å². The Morgan fingerprint density at radius 3 is 2.96 bits per heavy atom. The van der Waals surface area contributed by atoms with Crippen molar-refractivity contribution in [1.29, 1.82) is 5.26 Å². The van der Waals surface area contributed by atoms with E-state index in [1.807, 2.05) is 24.4 Å². The quantitative estimate of drug-likeness (QED) is 0.784. The molecule has 0 spiro atoms. The molecule has 6 nitrogen and oxygen atoms in total. The lowest BCUT2D eigenvalue weighted by molar-refractivity contribution is 0.0948. The van der Waals surface area contributed by atoms with Gasteiger partial charge in [-0.15, -0.1) is 0 Å². The zero-order valence-electron chi connectivity index (χ0n) is 12.2. The molecule has 0 saturated heterocycles. The highest BCUT2D eigenvalue weighted by Gasteiger charge is 2.18. The van der Waals surface area contributed by atoms with Crippen LogP contribution >= 0.6 is 0 Å². The molecule has 0 fully saturated rings. The Kier molecular flexibility index (Phi) is 4.20. The third-order valence-electron chi connectivity index (χ3n) is 3.43. The number of carbonyl (C=O) groups excluding carboxylic acids is 1. The summed E-state index contributed by atoms with van der Waals surface area (Å²) in [6, 6.07) is 13.8. The Bertz CT molecular complexity index is 782. The predicted octanol–water partition coefficient (Wildman–Crippen LogP) is 2.37. The van der Waals surface area contributed by atoms with E-state index in [4.69, 9.17) is 9.68 Å². The van der Waals surface area contributed by atoms with Gasteiger partial charge in [0.25, 0.3) is 5.91 Å². The van der Waals surface area contributed by atoms with E-state index in [1.165, 1.54) is 0 Å².